The maximum Gasteiger partial charge on any atom is 0.300 e. The highest BCUT2D eigenvalue weighted by Crippen LogP contribution is 2.46. The predicted molar refractivity (Wildman–Crippen MR) is 124 cm³/mol. The van der Waals surface area contributed by atoms with E-state index < -0.39 is 23.5 Å². The Balaban J connectivity index is 2.02. The molecule has 1 saturated heterocycles. The molecule has 0 saturated carbocycles. The first kappa shape index (κ1) is 22.2. The van der Waals surface area contributed by atoms with Crippen LogP contribution >= 0.6 is 11.6 Å². The number of aromatic hydroxyl groups is 1. The van der Waals surface area contributed by atoms with Crippen molar-refractivity contribution in [3.05, 3.63) is 88.5 Å². The van der Waals surface area contributed by atoms with Crippen molar-refractivity contribution in [2.75, 3.05) is 19.1 Å². The first-order valence-electron chi connectivity index (χ1n) is 9.94. The van der Waals surface area contributed by atoms with Gasteiger partial charge in [-0.15, -0.1) is 0 Å². The number of carbonyl (C=O) groups excluding carboxylic acids is 2. The summed E-state index contributed by atoms with van der Waals surface area (Å²) in [6.07, 6.45) is 0. The quantitative estimate of drug-likeness (QED) is 0.322. The van der Waals surface area contributed by atoms with Crippen molar-refractivity contribution in [2.45, 2.75) is 6.04 Å². The van der Waals surface area contributed by atoms with Gasteiger partial charge >= 0.3 is 0 Å². The summed E-state index contributed by atoms with van der Waals surface area (Å²) in [6.45, 7) is 0. The molecule has 1 aliphatic heterocycles. The Hall–Kier alpha value is -3.97. The number of ether oxygens (including phenoxy) is 2. The number of nitrogens with zero attached hydrogens (tertiary/aromatic N) is 1. The maximum atomic E-state index is 13.2. The fourth-order valence-corrected chi connectivity index (χ4v) is 4.11. The molecular weight excluding hydrogens is 446 g/mol. The second-order valence-corrected chi connectivity index (χ2v) is 7.67. The molecule has 3 aromatic carbocycles. The van der Waals surface area contributed by atoms with Gasteiger partial charge in [0.05, 0.1) is 36.4 Å². The molecule has 1 heterocycles. The van der Waals surface area contributed by atoms with Crippen LogP contribution in [0.4, 0.5) is 5.69 Å². The number of phenols is 1. The van der Waals surface area contributed by atoms with Crippen molar-refractivity contribution in [3.63, 3.8) is 0 Å². The third kappa shape index (κ3) is 3.76. The van der Waals surface area contributed by atoms with Gasteiger partial charge in [0.1, 0.15) is 11.5 Å². The second kappa shape index (κ2) is 8.88. The molecule has 1 amide bonds. The summed E-state index contributed by atoms with van der Waals surface area (Å²) >= 11 is 6.22. The zero-order valence-corrected chi connectivity index (χ0v) is 18.5. The molecule has 33 heavy (non-hydrogen) atoms. The molecule has 8 heteroatoms. The van der Waals surface area contributed by atoms with Gasteiger partial charge < -0.3 is 19.7 Å². The van der Waals surface area contributed by atoms with Crippen molar-refractivity contribution in [1.29, 1.82) is 0 Å². The molecule has 0 radical (unpaired) electrons. The number of aliphatic hydroxyl groups is 1. The van der Waals surface area contributed by atoms with Crippen LogP contribution in [0.15, 0.2) is 72.3 Å². The van der Waals surface area contributed by atoms with Crippen LogP contribution < -0.4 is 14.4 Å². The van der Waals surface area contributed by atoms with E-state index in [2.05, 4.69) is 0 Å². The largest absolute Gasteiger partial charge is 0.507 e. The Kier molecular flexibility index (Phi) is 5.98. The van der Waals surface area contributed by atoms with E-state index in [4.69, 9.17) is 21.1 Å². The molecule has 4 rings (SSSR count). The van der Waals surface area contributed by atoms with Crippen LogP contribution in [0.2, 0.25) is 5.02 Å². The molecule has 1 fully saturated rings. The number of anilines is 1. The molecule has 0 spiro atoms. The summed E-state index contributed by atoms with van der Waals surface area (Å²) < 4.78 is 10.5. The second-order valence-electron chi connectivity index (χ2n) is 7.26. The van der Waals surface area contributed by atoms with Gasteiger partial charge in [0, 0.05) is 5.69 Å². The fourth-order valence-electron chi connectivity index (χ4n) is 3.90. The van der Waals surface area contributed by atoms with Crippen molar-refractivity contribution in [1.82, 2.24) is 0 Å². The number of ketones is 1. The van der Waals surface area contributed by atoms with Crippen molar-refractivity contribution >= 4 is 34.7 Å². The van der Waals surface area contributed by atoms with Crippen molar-refractivity contribution in [2.24, 2.45) is 0 Å². The Morgan fingerprint density at radius 2 is 1.58 bits per heavy atom. The number of halogens is 1. The summed E-state index contributed by atoms with van der Waals surface area (Å²) in [5.74, 6) is -1.95. The smallest absolute Gasteiger partial charge is 0.300 e. The highest BCUT2D eigenvalue weighted by atomic mass is 35.5. The first-order chi connectivity index (χ1) is 15.9. The number of Topliss-reactive ketones (excluding diaryl/α,β-unsaturated/α-hetero) is 1. The number of phenolic OH excluding ortho intramolecular Hbond substituents is 1. The number of hydrogen-bond acceptors (Lipinski definition) is 6. The molecule has 0 aromatic heterocycles. The minimum Gasteiger partial charge on any atom is -0.507 e. The Bertz CT molecular complexity index is 1270. The van der Waals surface area contributed by atoms with Gasteiger partial charge in [-0.25, -0.2) is 0 Å². The average Bonchev–Trinajstić information content (AvgIpc) is 3.11. The minimum atomic E-state index is -1.04. The fraction of sp³-hybridized carbons (Fsp3) is 0.120. The molecule has 3 aromatic rings. The first-order valence-corrected chi connectivity index (χ1v) is 10.3. The molecular formula is C25H20ClNO6. The summed E-state index contributed by atoms with van der Waals surface area (Å²) in [5.41, 5.74) is 0.936. The lowest BCUT2D eigenvalue weighted by atomic mass is 9.94. The van der Waals surface area contributed by atoms with Crippen LogP contribution in [0.1, 0.15) is 17.2 Å². The number of para-hydroxylation sites is 2. The van der Waals surface area contributed by atoms with Crippen molar-refractivity contribution in [3.8, 4) is 17.2 Å². The van der Waals surface area contributed by atoms with Crippen LogP contribution in [-0.2, 0) is 9.59 Å². The van der Waals surface area contributed by atoms with E-state index >= 15 is 0 Å². The third-order valence-corrected chi connectivity index (χ3v) is 5.72. The number of carbonyl (C=O) groups is 2. The molecule has 7 nitrogen and oxygen atoms in total. The van der Waals surface area contributed by atoms with Gasteiger partial charge in [0.15, 0.2) is 11.5 Å². The van der Waals surface area contributed by atoms with Gasteiger partial charge in [0.2, 0.25) is 0 Å². The molecule has 2 N–H and O–H groups in total. The van der Waals surface area contributed by atoms with E-state index in [9.17, 15) is 19.8 Å². The highest BCUT2D eigenvalue weighted by molar-refractivity contribution is 6.51. The summed E-state index contributed by atoms with van der Waals surface area (Å²) in [5, 5.41) is 21.4. The number of amides is 1. The highest BCUT2D eigenvalue weighted by Gasteiger charge is 2.47. The summed E-state index contributed by atoms with van der Waals surface area (Å²) in [7, 11) is 2.80. The SMILES string of the molecule is COc1ccccc1/C(O)=C1\C(=O)C(=O)N(c2ccccc2)C1c1cc(Cl)c(O)c(OC)c1. The lowest BCUT2D eigenvalue weighted by Crippen LogP contribution is -2.29. The average molecular weight is 466 g/mol. The lowest BCUT2D eigenvalue weighted by Gasteiger charge is -2.26. The number of hydrogen-bond donors (Lipinski definition) is 2. The number of aliphatic hydroxyl groups excluding tert-OH is 1. The van der Waals surface area contributed by atoms with Crippen LogP contribution in [0.3, 0.4) is 0 Å². The van der Waals surface area contributed by atoms with Crippen LogP contribution in [-0.4, -0.2) is 36.1 Å². The van der Waals surface area contributed by atoms with Gasteiger partial charge in [0.25, 0.3) is 11.7 Å². The van der Waals surface area contributed by atoms with Crippen LogP contribution in [0, 0.1) is 0 Å². The zero-order valence-electron chi connectivity index (χ0n) is 17.8. The van der Waals surface area contributed by atoms with E-state index in [1.807, 2.05) is 0 Å². The number of methoxy groups -OCH3 is 2. The van der Waals surface area contributed by atoms with E-state index in [1.54, 1.807) is 54.6 Å². The zero-order chi connectivity index (χ0) is 23.7. The molecule has 1 aliphatic rings. The molecule has 168 valence electrons. The maximum absolute atomic E-state index is 13.2. The molecule has 1 unspecified atom stereocenters. The number of benzene rings is 3. The van der Waals surface area contributed by atoms with Crippen LogP contribution in [0.5, 0.6) is 17.2 Å². The molecule has 0 bridgehead atoms. The lowest BCUT2D eigenvalue weighted by molar-refractivity contribution is -0.132. The predicted octanol–water partition coefficient (Wildman–Crippen LogP) is 4.69. The summed E-state index contributed by atoms with van der Waals surface area (Å²) in [6, 6.07) is 17.1. The van der Waals surface area contributed by atoms with Crippen molar-refractivity contribution < 1.29 is 29.3 Å². The van der Waals surface area contributed by atoms with Gasteiger partial charge in [-0.05, 0) is 42.0 Å². The third-order valence-electron chi connectivity index (χ3n) is 5.43. The number of rotatable bonds is 5. The van der Waals surface area contributed by atoms with Gasteiger partial charge in [-0.3, -0.25) is 14.5 Å². The van der Waals surface area contributed by atoms with E-state index in [0.29, 0.717) is 17.0 Å². The van der Waals surface area contributed by atoms with Gasteiger partial charge in [-0.1, -0.05) is 41.9 Å². The Morgan fingerprint density at radius 1 is 0.939 bits per heavy atom. The van der Waals surface area contributed by atoms with Gasteiger partial charge in [-0.2, -0.15) is 0 Å². The molecule has 1 atom stereocenters. The molecule has 0 aliphatic carbocycles. The van der Waals surface area contributed by atoms with E-state index in [0.717, 1.165) is 0 Å². The van der Waals surface area contributed by atoms with E-state index in [-0.39, 0.29) is 27.7 Å². The normalized spacial score (nSPS) is 17.3. The van der Waals surface area contributed by atoms with Crippen LogP contribution in [0.25, 0.3) is 5.76 Å². The minimum absolute atomic E-state index is 0.0275. The monoisotopic (exact) mass is 465 g/mol. The summed E-state index contributed by atoms with van der Waals surface area (Å²) in [4.78, 5) is 27.7. The Morgan fingerprint density at radius 3 is 2.24 bits per heavy atom. The standard InChI is InChI=1S/C25H20ClNO6/c1-32-18-11-7-6-10-16(18)22(28)20-21(14-12-17(26)23(29)19(13-14)33-2)27(25(31)24(20)30)15-8-4-3-5-9-15/h3-13,21,28-29H,1-2H3/b22-20+. The topological polar surface area (TPSA) is 96.3 Å². The Labute approximate surface area is 195 Å². The van der Waals surface area contributed by atoms with E-state index in [1.165, 1.54) is 31.3 Å².